The van der Waals surface area contributed by atoms with Crippen molar-refractivity contribution in [3.8, 4) is 0 Å². The van der Waals surface area contributed by atoms with Crippen molar-refractivity contribution >= 4 is 0 Å². The van der Waals surface area contributed by atoms with Crippen LogP contribution in [0.1, 0.15) is 36.8 Å². The average Bonchev–Trinajstić information content (AvgIpc) is 2.48. The second-order valence-electron chi connectivity index (χ2n) is 5.18. The van der Waals surface area contributed by atoms with Gasteiger partial charge < -0.3 is 19.2 Å². The molecule has 2 aliphatic heterocycles. The number of H-pyrrole nitrogens is 1. The number of hydrogen-bond donors (Lipinski definition) is 1. The van der Waals surface area contributed by atoms with Gasteiger partial charge in [-0.3, -0.25) is 4.79 Å². The molecule has 0 spiro atoms. The lowest BCUT2D eigenvalue weighted by Gasteiger charge is -2.36. The number of fused-ring (bicyclic) bond motifs is 1. The molecular weight excluding hydrogens is 260 g/mol. The minimum Gasteiger partial charge on any atom is -0.381 e. The van der Waals surface area contributed by atoms with Gasteiger partial charge >= 0.3 is 0 Å². The summed E-state index contributed by atoms with van der Waals surface area (Å²) < 4.78 is 16.7. The van der Waals surface area contributed by atoms with Crippen LogP contribution < -0.4 is 5.56 Å². The Morgan fingerprint density at radius 1 is 1.30 bits per heavy atom. The van der Waals surface area contributed by atoms with Crippen LogP contribution in [0.5, 0.6) is 0 Å². The van der Waals surface area contributed by atoms with Crippen molar-refractivity contribution in [2.45, 2.75) is 38.4 Å². The summed E-state index contributed by atoms with van der Waals surface area (Å²) >= 11 is 0. The third kappa shape index (κ3) is 2.39. The number of hydrogen-bond acceptors (Lipinski definition) is 5. The van der Waals surface area contributed by atoms with Crippen molar-refractivity contribution < 1.29 is 14.2 Å². The van der Waals surface area contributed by atoms with E-state index >= 15 is 0 Å². The van der Waals surface area contributed by atoms with E-state index in [1.807, 2.05) is 6.92 Å². The Morgan fingerprint density at radius 3 is 2.85 bits per heavy atom. The molecule has 20 heavy (non-hydrogen) atoms. The van der Waals surface area contributed by atoms with Crippen LogP contribution in [0.3, 0.4) is 0 Å². The lowest BCUT2D eigenvalue weighted by Crippen LogP contribution is -2.41. The maximum Gasteiger partial charge on any atom is 0.256 e. The van der Waals surface area contributed by atoms with E-state index in [4.69, 9.17) is 14.2 Å². The van der Waals surface area contributed by atoms with E-state index in [9.17, 15) is 4.79 Å². The van der Waals surface area contributed by atoms with Crippen LogP contribution in [-0.4, -0.2) is 36.4 Å². The number of aromatic amines is 1. The zero-order chi connectivity index (χ0) is 14.0. The van der Waals surface area contributed by atoms with E-state index in [0.717, 1.165) is 18.5 Å². The van der Waals surface area contributed by atoms with Crippen molar-refractivity contribution in [1.82, 2.24) is 9.97 Å². The highest BCUT2D eigenvalue weighted by molar-refractivity contribution is 5.21. The first-order valence-corrected chi connectivity index (χ1v) is 7.17. The molecule has 0 saturated carbocycles. The summed E-state index contributed by atoms with van der Waals surface area (Å²) in [5.41, 5.74) is 0.883. The van der Waals surface area contributed by atoms with Crippen LogP contribution in [0, 0.1) is 0 Å². The lowest BCUT2D eigenvalue weighted by molar-refractivity contribution is -0.118. The Morgan fingerprint density at radius 2 is 2.10 bits per heavy atom. The van der Waals surface area contributed by atoms with E-state index < -0.39 is 5.60 Å². The number of rotatable bonds is 3. The molecule has 6 heteroatoms. The SMILES string of the molecule is CCOC1(c2nc3c(c(=O)[nH]2)COCC3)CCOCC1. The molecule has 0 amide bonds. The summed E-state index contributed by atoms with van der Waals surface area (Å²) in [5.74, 6) is 0.647. The van der Waals surface area contributed by atoms with Crippen LogP contribution in [0.15, 0.2) is 4.79 Å². The second kappa shape index (κ2) is 5.63. The highest BCUT2D eigenvalue weighted by Gasteiger charge is 2.38. The maximum absolute atomic E-state index is 12.2. The van der Waals surface area contributed by atoms with Gasteiger partial charge in [0, 0.05) is 39.1 Å². The summed E-state index contributed by atoms with van der Waals surface area (Å²) in [5, 5.41) is 0. The predicted octanol–water partition coefficient (Wildman–Crippen LogP) is 0.885. The fraction of sp³-hybridized carbons (Fsp3) is 0.714. The molecule has 0 bridgehead atoms. The molecule has 1 aromatic heterocycles. The summed E-state index contributed by atoms with van der Waals surface area (Å²) in [6.07, 6.45) is 2.13. The van der Waals surface area contributed by atoms with Gasteiger partial charge in [0.2, 0.25) is 0 Å². The topological polar surface area (TPSA) is 73.4 Å². The van der Waals surface area contributed by atoms with E-state index in [1.165, 1.54) is 0 Å². The molecule has 6 nitrogen and oxygen atoms in total. The van der Waals surface area contributed by atoms with Crippen molar-refractivity contribution in [1.29, 1.82) is 0 Å². The largest absolute Gasteiger partial charge is 0.381 e. The first-order chi connectivity index (χ1) is 9.75. The lowest BCUT2D eigenvalue weighted by atomic mass is 9.92. The average molecular weight is 280 g/mol. The van der Waals surface area contributed by atoms with Gasteiger partial charge in [-0.05, 0) is 6.92 Å². The molecule has 3 rings (SSSR count). The quantitative estimate of drug-likeness (QED) is 0.890. The van der Waals surface area contributed by atoms with Gasteiger partial charge in [0.15, 0.2) is 0 Å². The van der Waals surface area contributed by atoms with Crippen molar-refractivity contribution in [2.24, 2.45) is 0 Å². The number of aromatic nitrogens is 2. The van der Waals surface area contributed by atoms with Gasteiger partial charge in [0.25, 0.3) is 5.56 Å². The first kappa shape index (κ1) is 13.7. The van der Waals surface area contributed by atoms with Gasteiger partial charge in [0.1, 0.15) is 11.4 Å². The molecule has 0 aliphatic carbocycles. The van der Waals surface area contributed by atoms with Crippen molar-refractivity contribution in [3.63, 3.8) is 0 Å². The van der Waals surface area contributed by atoms with E-state index in [2.05, 4.69) is 9.97 Å². The minimum atomic E-state index is -0.514. The molecule has 0 unspecified atom stereocenters. The summed E-state index contributed by atoms with van der Waals surface area (Å²) in [4.78, 5) is 19.8. The normalized spacial score (nSPS) is 21.4. The number of nitrogens with zero attached hydrogens (tertiary/aromatic N) is 1. The molecule has 110 valence electrons. The zero-order valence-corrected chi connectivity index (χ0v) is 11.7. The van der Waals surface area contributed by atoms with Gasteiger partial charge in [-0.15, -0.1) is 0 Å². The highest BCUT2D eigenvalue weighted by atomic mass is 16.5. The Labute approximate surface area is 117 Å². The monoisotopic (exact) mass is 280 g/mol. The molecule has 1 saturated heterocycles. The van der Waals surface area contributed by atoms with Crippen LogP contribution in [0.4, 0.5) is 0 Å². The first-order valence-electron chi connectivity index (χ1n) is 7.17. The smallest absolute Gasteiger partial charge is 0.256 e. The summed E-state index contributed by atoms with van der Waals surface area (Å²) in [6, 6.07) is 0. The van der Waals surface area contributed by atoms with E-state index in [-0.39, 0.29) is 5.56 Å². The Hall–Kier alpha value is -1.24. The predicted molar refractivity (Wildman–Crippen MR) is 71.6 cm³/mol. The molecule has 0 radical (unpaired) electrons. The minimum absolute atomic E-state index is 0.102. The van der Waals surface area contributed by atoms with Gasteiger partial charge in [-0.1, -0.05) is 0 Å². The van der Waals surface area contributed by atoms with Crippen molar-refractivity contribution in [2.75, 3.05) is 26.4 Å². The molecule has 1 fully saturated rings. The molecule has 1 N–H and O–H groups in total. The van der Waals surface area contributed by atoms with Gasteiger partial charge in [0.05, 0.1) is 24.5 Å². The number of ether oxygens (including phenoxy) is 3. The summed E-state index contributed by atoms with van der Waals surface area (Å²) in [6.45, 7) is 4.77. The summed E-state index contributed by atoms with van der Waals surface area (Å²) in [7, 11) is 0. The second-order valence-corrected chi connectivity index (χ2v) is 5.18. The molecular formula is C14H20N2O4. The maximum atomic E-state index is 12.2. The Bertz CT molecular complexity index is 529. The third-order valence-electron chi connectivity index (χ3n) is 3.98. The third-order valence-corrected chi connectivity index (χ3v) is 3.98. The van der Waals surface area contributed by atoms with E-state index in [0.29, 0.717) is 50.8 Å². The highest BCUT2D eigenvalue weighted by Crippen LogP contribution is 2.34. The fourth-order valence-electron chi connectivity index (χ4n) is 2.89. The van der Waals surface area contributed by atoms with Gasteiger partial charge in [-0.25, -0.2) is 4.98 Å². The Balaban J connectivity index is 2.03. The Kier molecular flexibility index (Phi) is 3.87. The van der Waals surface area contributed by atoms with Crippen LogP contribution in [0.25, 0.3) is 0 Å². The fourth-order valence-corrected chi connectivity index (χ4v) is 2.89. The van der Waals surface area contributed by atoms with Crippen LogP contribution >= 0.6 is 0 Å². The molecule has 0 aromatic carbocycles. The van der Waals surface area contributed by atoms with E-state index in [1.54, 1.807) is 0 Å². The van der Waals surface area contributed by atoms with Crippen LogP contribution in [-0.2, 0) is 32.8 Å². The molecule has 0 atom stereocenters. The molecule has 1 aromatic rings. The standard InChI is InChI=1S/C14H20N2O4/c1-2-20-14(4-7-18-8-5-14)13-15-11-3-6-19-9-10(11)12(17)16-13/h2-9H2,1H3,(H,15,16,17). The number of nitrogens with one attached hydrogen (secondary N) is 1. The zero-order valence-electron chi connectivity index (χ0n) is 11.7. The van der Waals surface area contributed by atoms with Crippen LogP contribution in [0.2, 0.25) is 0 Å². The van der Waals surface area contributed by atoms with Crippen molar-refractivity contribution in [3.05, 3.63) is 27.4 Å². The van der Waals surface area contributed by atoms with Gasteiger partial charge in [-0.2, -0.15) is 0 Å². The molecule has 2 aliphatic rings. The molecule has 3 heterocycles.